The SMILES string of the molecule is O=C1C(=O)N(CCCn2ccnc2)c2c(Cl)ccc(Cl)c21. The number of amides is 1. The fraction of sp³-hybridized carbons (Fsp3) is 0.214. The van der Waals surface area contributed by atoms with Gasteiger partial charge in [0.2, 0.25) is 0 Å². The predicted octanol–water partition coefficient (Wildman–Crippen LogP) is 2.81. The van der Waals surface area contributed by atoms with Crippen molar-refractivity contribution in [3.8, 4) is 0 Å². The molecule has 0 spiro atoms. The van der Waals surface area contributed by atoms with Crippen LogP contribution in [0.1, 0.15) is 16.8 Å². The number of nitrogens with zero attached hydrogens (tertiary/aromatic N) is 3. The zero-order valence-electron chi connectivity index (χ0n) is 10.9. The second kappa shape index (κ2) is 5.50. The second-order valence-electron chi connectivity index (χ2n) is 4.69. The molecule has 2 heterocycles. The van der Waals surface area contributed by atoms with Crippen LogP contribution in [0, 0.1) is 0 Å². The van der Waals surface area contributed by atoms with E-state index in [0.717, 1.165) is 0 Å². The third-order valence-corrected chi connectivity index (χ3v) is 3.99. The number of imidazole rings is 1. The first-order chi connectivity index (χ1) is 10.1. The summed E-state index contributed by atoms with van der Waals surface area (Å²) in [6, 6.07) is 3.13. The highest BCUT2D eigenvalue weighted by molar-refractivity contribution is 6.56. The highest BCUT2D eigenvalue weighted by Gasteiger charge is 2.38. The molecule has 3 rings (SSSR count). The predicted molar refractivity (Wildman–Crippen MR) is 80.0 cm³/mol. The number of carbonyl (C=O) groups is 2. The number of aryl methyl sites for hydroxylation is 1. The van der Waals surface area contributed by atoms with Crippen LogP contribution in [0.3, 0.4) is 0 Å². The van der Waals surface area contributed by atoms with E-state index in [4.69, 9.17) is 23.2 Å². The van der Waals surface area contributed by atoms with Crippen LogP contribution in [0.25, 0.3) is 0 Å². The molecule has 1 aliphatic rings. The van der Waals surface area contributed by atoms with E-state index >= 15 is 0 Å². The van der Waals surface area contributed by atoms with Gasteiger partial charge in [0.1, 0.15) is 0 Å². The zero-order valence-corrected chi connectivity index (χ0v) is 12.4. The van der Waals surface area contributed by atoms with Gasteiger partial charge in [-0.25, -0.2) is 4.98 Å². The van der Waals surface area contributed by atoms with E-state index in [1.54, 1.807) is 18.6 Å². The van der Waals surface area contributed by atoms with Gasteiger partial charge in [-0.05, 0) is 18.6 Å². The summed E-state index contributed by atoms with van der Waals surface area (Å²) in [5.41, 5.74) is 0.626. The molecule has 1 amide bonds. The van der Waals surface area contributed by atoms with Gasteiger partial charge in [0.05, 0.1) is 27.6 Å². The lowest BCUT2D eigenvalue weighted by Crippen LogP contribution is -2.31. The largest absolute Gasteiger partial charge is 0.337 e. The first-order valence-corrected chi connectivity index (χ1v) is 7.15. The van der Waals surface area contributed by atoms with Crippen molar-refractivity contribution >= 4 is 40.6 Å². The highest BCUT2D eigenvalue weighted by Crippen LogP contribution is 2.39. The Morgan fingerprint density at radius 2 is 1.86 bits per heavy atom. The van der Waals surface area contributed by atoms with Crippen LogP contribution in [0.5, 0.6) is 0 Å². The number of rotatable bonds is 4. The van der Waals surface area contributed by atoms with Crippen LogP contribution in [-0.4, -0.2) is 27.8 Å². The van der Waals surface area contributed by atoms with E-state index in [-0.39, 0.29) is 10.6 Å². The van der Waals surface area contributed by atoms with Gasteiger partial charge in [-0.2, -0.15) is 0 Å². The first kappa shape index (κ1) is 14.1. The molecule has 1 aromatic heterocycles. The number of fused-ring (bicyclic) bond motifs is 1. The average molecular weight is 324 g/mol. The molecule has 0 fully saturated rings. The Kier molecular flexibility index (Phi) is 3.69. The van der Waals surface area contributed by atoms with Crippen molar-refractivity contribution in [2.45, 2.75) is 13.0 Å². The summed E-state index contributed by atoms with van der Waals surface area (Å²) in [6.07, 6.45) is 5.91. The Labute approximate surface area is 131 Å². The molecule has 0 unspecified atom stereocenters. The van der Waals surface area contributed by atoms with Crippen LogP contribution in [0.15, 0.2) is 30.9 Å². The summed E-state index contributed by atoms with van der Waals surface area (Å²) < 4.78 is 1.91. The van der Waals surface area contributed by atoms with Crippen LogP contribution in [0.4, 0.5) is 5.69 Å². The molecule has 0 saturated carbocycles. The zero-order chi connectivity index (χ0) is 15.0. The molecule has 108 valence electrons. The summed E-state index contributed by atoms with van der Waals surface area (Å²) in [4.78, 5) is 29.5. The molecule has 5 nitrogen and oxygen atoms in total. The highest BCUT2D eigenvalue weighted by atomic mass is 35.5. The summed E-state index contributed by atoms with van der Waals surface area (Å²) >= 11 is 12.1. The molecular formula is C14H11Cl2N3O2. The number of aromatic nitrogens is 2. The Hall–Kier alpha value is -1.85. The van der Waals surface area contributed by atoms with Gasteiger partial charge in [-0.3, -0.25) is 9.59 Å². The topological polar surface area (TPSA) is 55.2 Å². The number of hydrogen-bond donors (Lipinski definition) is 0. The summed E-state index contributed by atoms with van der Waals surface area (Å²) in [7, 11) is 0. The third kappa shape index (κ3) is 2.43. The quantitative estimate of drug-likeness (QED) is 0.813. The molecule has 1 aliphatic heterocycles. The van der Waals surface area contributed by atoms with E-state index in [1.807, 2.05) is 10.8 Å². The lowest BCUT2D eigenvalue weighted by molar-refractivity contribution is -0.114. The van der Waals surface area contributed by atoms with E-state index in [9.17, 15) is 9.59 Å². The maximum atomic E-state index is 12.1. The minimum absolute atomic E-state index is 0.205. The Bertz CT molecular complexity index is 713. The minimum atomic E-state index is -0.597. The van der Waals surface area contributed by atoms with Gasteiger partial charge in [0.25, 0.3) is 11.7 Å². The van der Waals surface area contributed by atoms with Gasteiger partial charge in [-0.1, -0.05) is 23.2 Å². The van der Waals surface area contributed by atoms with E-state index in [2.05, 4.69) is 4.98 Å². The van der Waals surface area contributed by atoms with Gasteiger partial charge >= 0.3 is 0 Å². The van der Waals surface area contributed by atoms with Gasteiger partial charge in [-0.15, -0.1) is 0 Å². The fourth-order valence-corrected chi connectivity index (χ4v) is 2.89. The monoisotopic (exact) mass is 323 g/mol. The third-order valence-electron chi connectivity index (χ3n) is 3.37. The van der Waals surface area contributed by atoms with Crippen molar-refractivity contribution in [2.75, 3.05) is 11.4 Å². The normalized spacial score (nSPS) is 13.9. The Balaban J connectivity index is 1.82. The Morgan fingerprint density at radius 3 is 2.57 bits per heavy atom. The standard InChI is InChI=1S/C14H11Cl2N3O2/c15-9-2-3-10(16)12-11(9)13(20)14(21)19(12)6-1-5-18-7-4-17-8-18/h2-4,7-8H,1,5-6H2. The molecular weight excluding hydrogens is 313 g/mol. The van der Waals surface area contributed by atoms with Crippen molar-refractivity contribution in [3.05, 3.63) is 46.5 Å². The summed E-state index contributed by atoms with van der Waals surface area (Å²) in [5.74, 6) is -1.18. The van der Waals surface area contributed by atoms with Crippen molar-refractivity contribution < 1.29 is 9.59 Å². The van der Waals surface area contributed by atoms with E-state index in [0.29, 0.717) is 30.2 Å². The second-order valence-corrected chi connectivity index (χ2v) is 5.51. The molecule has 0 aliphatic carbocycles. The number of benzene rings is 1. The molecule has 2 aromatic rings. The maximum Gasteiger partial charge on any atom is 0.299 e. The Morgan fingerprint density at radius 1 is 1.10 bits per heavy atom. The molecule has 7 heteroatoms. The lowest BCUT2D eigenvalue weighted by atomic mass is 10.1. The lowest BCUT2D eigenvalue weighted by Gasteiger charge is -2.17. The fourth-order valence-electron chi connectivity index (χ4n) is 2.40. The van der Waals surface area contributed by atoms with E-state index < -0.39 is 11.7 Å². The van der Waals surface area contributed by atoms with Crippen molar-refractivity contribution in [1.82, 2.24) is 9.55 Å². The summed E-state index contributed by atoms with van der Waals surface area (Å²) in [6.45, 7) is 1.10. The number of hydrogen-bond acceptors (Lipinski definition) is 3. The van der Waals surface area contributed by atoms with Crippen molar-refractivity contribution in [2.24, 2.45) is 0 Å². The van der Waals surface area contributed by atoms with Gasteiger partial charge in [0.15, 0.2) is 0 Å². The molecule has 0 atom stereocenters. The van der Waals surface area contributed by atoms with E-state index in [1.165, 1.54) is 11.0 Å². The van der Waals surface area contributed by atoms with Crippen LogP contribution in [-0.2, 0) is 11.3 Å². The molecule has 21 heavy (non-hydrogen) atoms. The summed E-state index contributed by atoms with van der Waals surface area (Å²) in [5, 5.41) is 0.612. The molecule has 0 bridgehead atoms. The number of halogens is 2. The van der Waals surface area contributed by atoms with Crippen LogP contribution < -0.4 is 4.90 Å². The molecule has 1 aromatic carbocycles. The van der Waals surface area contributed by atoms with Crippen molar-refractivity contribution in [3.63, 3.8) is 0 Å². The van der Waals surface area contributed by atoms with Gasteiger partial charge in [0, 0.05) is 25.5 Å². The van der Waals surface area contributed by atoms with Crippen molar-refractivity contribution in [1.29, 1.82) is 0 Å². The number of anilines is 1. The maximum absolute atomic E-state index is 12.1. The minimum Gasteiger partial charge on any atom is -0.337 e. The number of Topliss-reactive ketones (excluding diaryl/α,β-unsaturated/α-hetero) is 1. The number of carbonyl (C=O) groups excluding carboxylic acids is 2. The molecule has 0 radical (unpaired) electrons. The number of ketones is 1. The van der Waals surface area contributed by atoms with Gasteiger partial charge < -0.3 is 9.47 Å². The van der Waals surface area contributed by atoms with Crippen LogP contribution >= 0.6 is 23.2 Å². The average Bonchev–Trinajstić information content (AvgIpc) is 3.06. The molecule has 0 saturated heterocycles. The smallest absolute Gasteiger partial charge is 0.299 e. The van der Waals surface area contributed by atoms with Crippen LogP contribution in [0.2, 0.25) is 10.0 Å². The first-order valence-electron chi connectivity index (χ1n) is 6.39. The molecule has 0 N–H and O–H groups in total.